The normalized spacial score (nSPS) is 22.6. The molecular formula is C14H15BrClNO3. The summed E-state index contributed by atoms with van der Waals surface area (Å²) in [5.74, 6) is -1.05. The van der Waals surface area contributed by atoms with Gasteiger partial charge in [0, 0.05) is 22.6 Å². The van der Waals surface area contributed by atoms with Crippen molar-refractivity contribution < 1.29 is 14.7 Å². The van der Waals surface area contributed by atoms with Gasteiger partial charge in [-0.2, -0.15) is 0 Å². The van der Waals surface area contributed by atoms with E-state index >= 15 is 0 Å². The number of amides is 1. The van der Waals surface area contributed by atoms with Crippen LogP contribution >= 0.6 is 27.5 Å². The lowest BCUT2D eigenvalue weighted by molar-refractivity contribution is -0.150. The second-order valence-corrected chi connectivity index (χ2v) is 6.61. The van der Waals surface area contributed by atoms with Crippen LogP contribution < -0.4 is 0 Å². The first kappa shape index (κ1) is 15.3. The van der Waals surface area contributed by atoms with E-state index in [1.807, 2.05) is 0 Å². The Bertz CT molecular complexity index is 563. The van der Waals surface area contributed by atoms with Crippen LogP contribution in [0.1, 0.15) is 30.1 Å². The summed E-state index contributed by atoms with van der Waals surface area (Å²) in [6.07, 6.45) is 1.27. The Hall–Kier alpha value is -1.07. The monoisotopic (exact) mass is 359 g/mol. The maximum Gasteiger partial charge on any atom is 0.311 e. The van der Waals surface area contributed by atoms with Gasteiger partial charge >= 0.3 is 5.97 Å². The van der Waals surface area contributed by atoms with Crippen molar-refractivity contribution in [3.8, 4) is 0 Å². The molecule has 1 atom stereocenters. The Morgan fingerprint density at radius 3 is 2.80 bits per heavy atom. The van der Waals surface area contributed by atoms with E-state index in [-0.39, 0.29) is 12.5 Å². The smallest absolute Gasteiger partial charge is 0.311 e. The predicted octanol–water partition coefficient (Wildman–Crippen LogP) is 3.43. The van der Waals surface area contributed by atoms with Crippen LogP contribution in [-0.2, 0) is 4.79 Å². The molecule has 1 aliphatic heterocycles. The summed E-state index contributed by atoms with van der Waals surface area (Å²) in [6.45, 7) is 2.47. The Labute approximate surface area is 130 Å². The fraction of sp³-hybridized carbons (Fsp3) is 0.429. The number of nitrogens with zero attached hydrogens (tertiary/aromatic N) is 1. The molecule has 108 valence electrons. The molecule has 2 rings (SSSR count). The van der Waals surface area contributed by atoms with E-state index in [2.05, 4.69) is 15.9 Å². The number of halogens is 2. The number of benzene rings is 1. The highest BCUT2D eigenvalue weighted by Crippen LogP contribution is 2.31. The number of carboxylic acid groups (broad SMARTS) is 1. The Morgan fingerprint density at radius 1 is 1.45 bits per heavy atom. The number of hydrogen-bond acceptors (Lipinski definition) is 2. The zero-order valence-electron chi connectivity index (χ0n) is 11.0. The Morgan fingerprint density at radius 2 is 2.15 bits per heavy atom. The molecule has 1 N–H and O–H groups in total. The van der Waals surface area contributed by atoms with Gasteiger partial charge in [0.05, 0.1) is 11.0 Å². The summed E-state index contributed by atoms with van der Waals surface area (Å²) < 4.78 is 0.662. The highest BCUT2D eigenvalue weighted by molar-refractivity contribution is 9.10. The molecule has 1 fully saturated rings. The molecule has 20 heavy (non-hydrogen) atoms. The summed E-state index contributed by atoms with van der Waals surface area (Å²) in [5.41, 5.74) is -0.411. The minimum atomic E-state index is -0.876. The number of carbonyl (C=O) groups excluding carboxylic acids is 1. The highest BCUT2D eigenvalue weighted by Gasteiger charge is 2.39. The molecule has 1 saturated heterocycles. The molecular weight excluding hydrogens is 346 g/mol. The molecule has 0 saturated carbocycles. The molecule has 1 amide bonds. The zero-order chi connectivity index (χ0) is 14.9. The maximum absolute atomic E-state index is 12.5. The number of carboxylic acids is 1. The van der Waals surface area contributed by atoms with Crippen LogP contribution in [0.2, 0.25) is 5.02 Å². The van der Waals surface area contributed by atoms with Gasteiger partial charge in [0.25, 0.3) is 5.91 Å². The van der Waals surface area contributed by atoms with Crippen molar-refractivity contribution in [2.24, 2.45) is 5.41 Å². The fourth-order valence-electron chi connectivity index (χ4n) is 2.42. The summed E-state index contributed by atoms with van der Waals surface area (Å²) in [5, 5.41) is 9.78. The average molecular weight is 361 g/mol. The number of aliphatic carboxylic acids is 1. The van der Waals surface area contributed by atoms with Crippen molar-refractivity contribution in [2.45, 2.75) is 19.8 Å². The molecule has 1 aliphatic rings. The van der Waals surface area contributed by atoms with Gasteiger partial charge in [0.2, 0.25) is 0 Å². The molecule has 1 heterocycles. The van der Waals surface area contributed by atoms with Crippen molar-refractivity contribution in [2.75, 3.05) is 13.1 Å². The second kappa shape index (κ2) is 5.74. The van der Waals surface area contributed by atoms with Crippen LogP contribution in [0, 0.1) is 5.41 Å². The van der Waals surface area contributed by atoms with E-state index in [0.717, 1.165) is 0 Å². The predicted molar refractivity (Wildman–Crippen MR) is 80.0 cm³/mol. The Kier molecular flexibility index (Phi) is 4.39. The zero-order valence-corrected chi connectivity index (χ0v) is 13.4. The minimum Gasteiger partial charge on any atom is -0.481 e. The molecule has 0 radical (unpaired) electrons. The topological polar surface area (TPSA) is 57.6 Å². The summed E-state index contributed by atoms with van der Waals surface area (Å²) >= 11 is 9.25. The molecule has 4 nitrogen and oxygen atoms in total. The quantitative estimate of drug-likeness (QED) is 0.879. The van der Waals surface area contributed by atoms with Crippen LogP contribution in [0.15, 0.2) is 22.7 Å². The third-order valence-electron chi connectivity index (χ3n) is 3.66. The molecule has 1 aromatic rings. The van der Waals surface area contributed by atoms with Crippen LogP contribution in [0.25, 0.3) is 0 Å². The summed E-state index contributed by atoms with van der Waals surface area (Å²) in [7, 11) is 0. The first-order valence-electron chi connectivity index (χ1n) is 6.31. The number of hydrogen-bond donors (Lipinski definition) is 1. The highest BCUT2D eigenvalue weighted by atomic mass is 79.9. The summed E-state index contributed by atoms with van der Waals surface area (Å²) in [4.78, 5) is 25.5. The van der Waals surface area contributed by atoms with Gasteiger partial charge < -0.3 is 10.0 Å². The molecule has 0 spiro atoms. The number of rotatable bonds is 2. The molecule has 1 unspecified atom stereocenters. The van der Waals surface area contributed by atoms with Gasteiger partial charge in [0.15, 0.2) is 0 Å². The van der Waals surface area contributed by atoms with E-state index in [1.54, 1.807) is 30.0 Å². The van der Waals surface area contributed by atoms with E-state index in [4.69, 9.17) is 11.6 Å². The van der Waals surface area contributed by atoms with E-state index < -0.39 is 11.4 Å². The molecule has 0 aliphatic carbocycles. The lowest BCUT2D eigenvalue weighted by atomic mass is 9.82. The van der Waals surface area contributed by atoms with Gasteiger partial charge in [-0.25, -0.2) is 0 Å². The summed E-state index contributed by atoms with van der Waals surface area (Å²) in [6, 6.07) is 5.01. The third kappa shape index (κ3) is 2.99. The third-order valence-corrected chi connectivity index (χ3v) is 4.59. The maximum atomic E-state index is 12.5. The van der Waals surface area contributed by atoms with E-state index in [1.165, 1.54) is 0 Å². The molecule has 0 bridgehead atoms. The van der Waals surface area contributed by atoms with Gasteiger partial charge in [-0.3, -0.25) is 9.59 Å². The first-order chi connectivity index (χ1) is 9.33. The lowest BCUT2D eigenvalue weighted by Crippen LogP contribution is -2.48. The second-order valence-electron chi connectivity index (χ2n) is 5.32. The van der Waals surface area contributed by atoms with Crippen LogP contribution in [0.4, 0.5) is 0 Å². The van der Waals surface area contributed by atoms with Gasteiger partial charge in [-0.15, -0.1) is 0 Å². The van der Waals surface area contributed by atoms with Gasteiger partial charge in [-0.05, 0) is 53.9 Å². The van der Waals surface area contributed by atoms with Crippen molar-refractivity contribution in [3.05, 3.63) is 33.3 Å². The average Bonchev–Trinajstić information content (AvgIpc) is 2.40. The Balaban J connectivity index is 2.25. The fourth-order valence-corrected chi connectivity index (χ4v) is 3.01. The van der Waals surface area contributed by atoms with Gasteiger partial charge in [-0.1, -0.05) is 11.6 Å². The molecule has 1 aromatic carbocycles. The standard InChI is InChI=1S/C14H15BrClNO3/c1-14(13(19)20)5-2-6-17(8-14)12(18)10-7-9(16)3-4-11(10)15/h3-4,7H,2,5-6,8H2,1H3,(H,19,20). The lowest BCUT2D eigenvalue weighted by Gasteiger charge is -2.37. The SMILES string of the molecule is CC1(C(=O)O)CCCN(C(=O)c2cc(Cl)ccc2Br)C1. The number of carbonyl (C=O) groups is 2. The van der Waals surface area contributed by atoms with E-state index in [0.29, 0.717) is 34.4 Å². The first-order valence-corrected chi connectivity index (χ1v) is 7.48. The largest absolute Gasteiger partial charge is 0.481 e. The molecule has 0 aromatic heterocycles. The van der Waals surface area contributed by atoms with Crippen molar-refractivity contribution in [1.82, 2.24) is 4.90 Å². The number of piperidine rings is 1. The minimum absolute atomic E-state index is 0.188. The van der Waals surface area contributed by atoms with Crippen molar-refractivity contribution >= 4 is 39.4 Å². The van der Waals surface area contributed by atoms with Gasteiger partial charge in [0.1, 0.15) is 0 Å². The van der Waals surface area contributed by atoms with Crippen molar-refractivity contribution in [1.29, 1.82) is 0 Å². The van der Waals surface area contributed by atoms with Crippen LogP contribution in [0.5, 0.6) is 0 Å². The van der Waals surface area contributed by atoms with Crippen molar-refractivity contribution in [3.63, 3.8) is 0 Å². The van der Waals surface area contributed by atoms with Crippen LogP contribution in [0.3, 0.4) is 0 Å². The number of likely N-dealkylation sites (tertiary alicyclic amines) is 1. The molecule has 6 heteroatoms. The van der Waals surface area contributed by atoms with E-state index in [9.17, 15) is 14.7 Å². The van der Waals surface area contributed by atoms with Crippen LogP contribution in [-0.4, -0.2) is 35.0 Å².